The van der Waals surface area contributed by atoms with Gasteiger partial charge in [0.2, 0.25) is 11.8 Å². The quantitative estimate of drug-likeness (QED) is 0.273. The summed E-state index contributed by atoms with van der Waals surface area (Å²) in [6.07, 6.45) is 5.46. The first kappa shape index (κ1) is 39.1. The molecule has 6 atom stereocenters. The van der Waals surface area contributed by atoms with Crippen molar-refractivity contribution < 1.29 is 27.9 Å². The van der Waals surface area contributed by atoms with Gasteiger partial charge in [-0.1, -0.05) is 49.6 Å². The Bertz CT molecular complexity index is 1390. The summed E-state index contributed by atoms with van der Waals surface area (Å²) in [5.41, 5.74) is 0.463. The highest BCUT2D eigenvalue weighted by Gasteiger charge is 2.46. The van der Waals surface area contributed by atoms with Crippen LogP contribution in [0.3, 0.4) is 0 Å². The molecule has 0 bridgehead atoms. The number of urea groups is 1. The summed E-state index contributed by atoms with van der Waals surface area (Å²) in [4.78, 5) is 47.0. The molecule has 13 heteroatoms. The van der Waals surface area contributed by atoms with Crippen LogP contribution in [0.25, 0.3) is 0 Å². The number of aliphatic hydroxyl groups excluding tert-OH is 1. The molecular weight excluding hydrogens is 644 g/mol. The second kappa shape index (κ2) is 16.1. The van der Waals surface area contributed by atoms with Crippen molar-refractivity contribution in [2.45, 2.75) is 108 Å². The number of carbonyl (C=O) groups excluding carboxylic acids is 3. The van der Waals surface area contributed by atoms with Gasteiger partial charge in [0.15, 0.2) is 9.84 Å². The molecule has 1 aromatic carbocycles. The number of aliphatic hydroxyl groups is 1. The van der Waals surface area contributed by atoms with Gasteiger partial charge in [-0.25, -0.2) is 13.2 Å². The maximum absolute atomic E-state index is 14.2. The number of hydrogen-bond acceptors (Lipinski definition) is 8. The van der Waals surface area contributed by atoms with Crippen LogP contribution in [0, 0.1) is 11.8 Å². The van der Waals surface area contributed by atoms with E-state index in [0.29, 0.717) is 44.6 Å². The van der Waals surface area contributed by atoms with Crippen LogP contribution in [0.5, 0.6) is 0 Å². The number of rotatable bonds is 11. The molecule has 2 heterocycles. The van der Waals surface area contributed by atoms with Crippen LogP contribution in [0.1, 0.15) is 72.3 Å². The van der Waals surface area contributed by atoms with Crippen LogP contribution >= 0.6 is 0 Å². The second-order valence-corrected chi connectivity index (χ2v) is 18.8. The third kappa shape index (κ3) is 10.4. The minimum absolute atomic E-state index is 0.0612. The highest BCUT2D eigenvalue weighted by atomic mass is 32.2. The standard InChI is InChI=1S/C36H60N6O6S/c1-35(2,3)39-32(44)29-22-26-15-11-12-16-27(26)23-42(29)24-30(43)28(21-25-13-9-8-10-14-25)37-33(45)31(36(4,5)49(7,47)48)38-34(46)41-19-17-40(6)18-20-41/h8-10,13-14,26-31,43H,11-12,15-24H2,1-7H3,(H,37,45)(H,38,46)(H,39,44)/t26-,27+,28?,29?,30?,31+/m0/s1. The number of carbonyl (C=O) groups is 3. The van der Waals surface area contributed by atoms with Gasteiger partial charge in [-0.2, -0.15) is 0 Å². The molecule has 0 aromatic heterocycles. The molecule has 4 rings (SSSR count). The first-order chi connectivity index (χ1) is 22.9. The third-order valence-electron chi connectivity index (χ3n) is 10.8. The number of piperazine rings is 1. The number of likely N-dealkylation sites (tertiary alicyclic amines) is 1. The topological polar surface area (TPSA) is 151 Å². The Morgan fingerprint density at radius 1 is 0.939 bits per heavy atom. The fraction of sp³-hybridized carbons (Fsp3) is 0.750. The first-order valence-electron chi connectivity index (χ1n) is 17.9. The number of benzene rings is 1. The van der Waals surface area contributed by atoms with Crippen molar-refractivity contribution in [1.82, 2.24) is 30.7 Å². The van der Waals surface area contributed by atoms with Crippen LogP contribution in [0.2, 0.25) is 0 Å². The van der Waals surface area contributed by atoms with E-state index in [0.717, 1.165) is 37.5 Å². The Balaban J connectivity index is 1.60. The molecule has 4 N–H and O–H groups in total. The van der Waals surface area contributed by atoms with E-state index in [2.05, 4.69) is 25.8 Å². The predicted octanol–water partition coefficient (Wildman–Crippen LogP) is 2.02. The normalized spacial score (nSPS) is 24.7. The van der Waals surface area contributed by atoms with E-state index in [-0.39, 0.29) is 18.9 Å². The molecule has 1 aliphatic carbocycles. The lowest BCUT2D eigenvalue weighted by Crippen LogP contribution is -2.65. The van der Waals surface area contributed by atoms with E-state index in [4.69, 9.17) is 0 Å². The molecule has 3 unspecified atom stereocenters. The largest absolute Gasteiger partial charge is 0.390 e. The van der Waals surface area contributed by atoms with Crippen molar-refractivity contribution in [2.75, 3.05) is 52.6 Å². The lowest BCUT2D eigenvalue weighted by molar-refractivity contribution is -0.133. The molecule has 1 saturated carbocycles. The minimum Gasteiger partial charge on any atom is -0.390 e. The molecule has 49 heavy (non-hydrogen) atoms. The molecule has 3 aliphatic rings. The van der Waals surface area contributed by atoms with Crippen molar-refractivity contribution in [3.8, 4) is 0 Å². The molecule has 1 aromatic rings. The zero-order valence-electron chi connectivity index (χ0n) is 30.6. The summed E-state index contributed by atoms with van der Waals surface area (Å²) in [5.74, 6) is 0.145. The van der Waals surface area contributed by atoms with Gasteiger partial charge in [-0.05, 0) is 78.3 Å². The lowest BCUT2D eigenvalue weighted by atomic mass is 9.72. The zero-order chi connectivity index (χ0) is 36.1. The molecule has 2 aliphatic heterocycles. The van der Waals surface area contributed by atoms with Gasteiger partial charge >= 0.3 is 6.03 Å². The van der Waals surface area contributed by atoms with E-state index >= 15 is 0 Å². The number of β-amino-alcohol motifs (C(OH)–C–C–N with tert-alkyl or cyclic N) is 1. The fourth-order valence-electron chi connectivity index (χ4n) is 7.41. The van der Waals surface area contributed by atoms with Crippen LogP contribution in [-0.2, 0) is 25.8 Å². The molecular formula is C36H60N6O6S. The predicted molar refractivity (Wildman–Crippen MR) is 192 cm³/mol. The summed E-state index contributed by atoms with van der Waals surface area (Å²) in [6.45, 7) is 11.8. The lowest BCUT2D eigenvalue weighted by Gasteiger charge is -2.47. The summed E-state index contributed by atoms with van der Waals surface area (Å²) >= 11 is 0. The number of nitrogens with one attached hydrogen (secondary N) is 3. The maximum atomic E-state index is 14.2. The first-order valence-corrected chi connectivity index (χ1v) is 19.8. The average molecular weight is 705 g/mol. The SMILES string of the molecule is CN1CCN(C(=O)N[C@H](C(=O)NC(Cc2ccccc2)C(O)CN2C[C@H]3CCCC[C@H]3CC2C(=O)NC(C)(C)C)C(C)(C)S(C)(=O)=O)CC1. The smallest absolute Gasteiger partial charge is 0.318 e. The van der Waals surface area contributed by atoms with Crippen LogP contribution in [-0.4, -0.2) is 133 Å². The molecule has 0 radical (unpaired) electrons. The van der Waals surface area contributed by atoms with E-state index in [9.17, 15) is 27.9 Å². The van der Waals surface area contributed by atoms with Gasteiger partial charge in [0.05, 0.1) is 22.9 Å². The van der Waals surface area contributed by atoms with Crippen molar-refractivity contribution in [2.24, 2.45) is 11.8 Å². The second-order valence-electron chi connectivity index (χ2n) is 16.2. The third-order valence-corrected chi connectivity index (χ3v) is 12.9. The maximum Gasteiger partial charge on any atom is 0.318 e. The number of nitrogens with zero attached hydrogens (tertiary/aromatic N) is 3. The monoisotopic (exact) mass is 704 g/mol. The Hall–Kier alpha value is -2.74. The molecule has 276 valence electrons. The Kier molecular flexibility index (Phi) is 12.8. The summed E-state index contributed by atoms with van der Waals surface area (Å²) in [7, 11) is -1.86. The summed E-state index contributed by atoms with van der Waals surface area (Å²) in [6, 6.07) is 6.29. The van der Waals surface area contributed by atoms with Crippen LogP contribution < -0.4 is 16.0 Å². The molecule has 3 fully saturated rings. The van der Waals surface area contributed by atoms with Gasteiger partial charge in [0, 0.05) is 51.1 Å². The molecule has 12 nitrogen and oxygen atoms in total. The highest BCUT2D eigenvalue weighted by Crippen LogP contribution is 2.39. The number of piperidine rings is 1. The van der Waals surface area contributed by atoms with E-state index in [1.165, 1.54) is 20.3 Å². The summed E-state index contributed by atoms with van der Waals surface area (Å²) in [5, 5.41) is 20.8. The van der Waals surface area contributed by atoms with Crippen molar-refractivity contribution in [1.29, 1.82) is 0 Å². The minimum atomic E-state index is -3.83. The van der Waals surface area contributed by atoms with Gasteiger partial charge in [-0.15, -0.1) is 0 Å². The fourth-order valence-corrected chi connectivity index (χ4v) is 8.00. The number of sulfone groups is 1. The van der Waals surface area contributed by atoms with Crippen molar-refractivity contribution in [3.05, 3.63) is 35.9 Å². The molecule has 2 saturated heterocycles. The number of fused-ring (bicyclic) bond motifs is 1. The Morgan fingerprint density at radius 2 is 1.55 bits per heavy atom. The Labute approximate surface area is 293 Å². The van der Waals surface area contributed by atoms with E-state index < -0.39 is 56.3 Å². The van der Waals surface area contributed by atoms with Gasteiger partial charge in [-0.3, -0.25) is 14.5 Å². The van der Waals surface area contributed by atoms with Gasteiger partial charge in [0.25, 0.3) is 0 Å². The van der Waals surface area contributed by atoms with Gasteiger partial charge in [0.1, 0.15) is 6.04 Å². The van der Waals surface area contributed by atoms with Gasteiger partial charge < -0.3 is 30.9 Å². The van der Waals surface area contributed by atoms with E-state index in [1.807, 2.05) is 58.2 Å². The van der Waals surface area contributed by atoms with Crippen LogP contribution in [0.15, 0.2) is 30.3 Å². The Morgan fingerprint density at radius 3 is 2.14 bits per heavy atom. The van der Waals surface area contributed by atoms with Crippen molar-refractivity contribution in [3.63, 3.8) is 0 Å². The number of amides is 4. The van der Waals surface area contributed by atoms with Crippen LogP contribution in [0.4, 0.5) is 4.79 Å². The number of hydrogen-bond donors (Lipinski definition) is 4. The molecule has 4 amide bonds. The molecule has 0 spiro atoms. The number of likely N-dealkylation sites (N-methyl/N-ethyl adjacent to an activating group) is 1. The van der Waals surface area contributed by atoms with Crippen molar-refractivity contribution >= 4 is 27.7 Å². The summed E-state index contributed by atoms with van der Waals surface area (Å²) < 4.78 is 24.4. The average Bonchev–Trinajstić information content (AvgIpc) is 3.02. The zero-order valence-corrected chi connectivity index (χ0v) is 31.4. The highest BCUT2D eigenvalue weighted by molar-refractivity contribution is 7.92. The van der Waals surface area contributed by atoms with E-state index in [1.54, 1.807) is 4.90 Å².